The molecule has 0 aliphatic rings. The molecule has 0 saturated heterocycles. The summed E-state index contributed by atoms with van der Waals surface area (Å²) in [7, 11) is 0. The van der Waals surface area contributed by atoms with Crippen molar-refractivity contribution in [3.05, 3.63) is 273 Å². The number of benzene rings is 12. The van der Waals surface area contributed by atoms with E-state index in [-0.39, 0.29) is 16.7 Å². The molecule has 0 unspecified atom stereocenters. The fourth-order valence-electron chi connectivity index (χ4n) is 9.08. The van der Waals surface area contributed by atoms with E-state index in [1.807, 2.05) is 194 Å². The highest BCUT2D eigenvalue weighted by Gasteiger charge is 2.18. The van der Waals surface area contributed by atoms with Crippen LogP contribution in [0.1, 0.15) is 16.4 Å². The Kier molecular flexibility index (Phi) is 7.46. The summed E-state index contributed by atoms with van der Waals surface area (Å²) >= 11 is 0. The first kappa shape index (κ1) is 28.9. The van der Waals surface area contributed by atoms with Crippen molar-refractivity contribution in [2.75, 3.05) is 4.90 Å². The maximum absolute atomic E-state index is 9.98. The topological polar surface area (TPSA) is 3.24 Å². The van der Waals surface area contributed by atoms with Gasteiger partial charge in [-0.1, -0.05) is 224 Å². The monoisotopic (exact) mass is 863 g/mol. The summed E-state index contributed by atoms with van der Waals surface area (Å²) in [4.78, 5) is 0.882. The lowest BCUT2D eigenvalue weighted by Gasteiger charge is -2.26. The molecule has 0 saturated carbocycles. The van der Waals surface area contributed by atoms with E-state index in [1.54, 1.807) is 6.07 Å². The standard InChI is InChI=1S/C66H45N/c1-4-16-47(17-5-1)59-42-35-53(44-64(59)49-20-8-3-9-21-49)46-28-36-55(37-29-46)67(56-38-30-51(31-39-56)65-45-54-23-11-12-24-58(54)62-26-14-15-27-63(62)65)57-40-32-52(33-41-57)66-60-25-13-10-22-50(60)34-43-61(66)48-18-6-2-7-19-48/h1-45H/i28D,29D,30D,31D,32D,33D,36D,37D,38D,39D,40D,41D. The molecule has 67 heavy (non-hydrogen) atoms. The molecule has 1 nitrogen and oxygen atoms in total. The smallest absolute Gasteiger partial charge is 0.0645 e. The van der Waals surface area contributed by atoms with Gasteiger partial charge in [0.15, 0.2) is 0 Å². The first-order chi connectivity index (χ1) is 38.3. The molecule has 0 aromatic heterocycles. The van der Waals surface area contributed by atoms with Gasteiger partial charge >= 0.3 is 0 Å². The van der Waals surface area contributed by atoms with E-state index in [1.165, 1.54) is 0 Å². The molecule has 0 bridgehead atoms. The van der Waals surface area contributed by atoms with Gasteiger partial charge in [0.1, 0.15) is 0 Å². The first-order valence-electron chi connectivity index (χ1n) is 28.1. The highest BCUT2D eigenvalue weighted by atomic mass is 15.1. The molecule has 0 aliphatic heterocycles. The third-order valence-corrected chi connectivity index (χ3v) is 12.3. The van der Waals surface area contributed by atoms with E-state index < -0.39 is 89.6 Å². The predicted molar refractivity (Wildman–Crippen MR) is 286 cm³/mol. The van der Waals surface area contributed by atoms with Crippen LogP contribution in [-0.2, 0) is 0 Å². The van der Waals surface area contributed by atoms with Crippen molar-refractivity contribution in [1.82, 2.24) is 0 Å². The molecular formula is C66H45N. The van der Waals surface area contributed by atoms with Crippen molar-refractivity contribution in [1.29, 1.82) is 0 Å². The van der Waals surface area contributed by atoms with Gasteiger partial charge in [0.25, 0.3) is 0 Å². The molecular weight excluding hydrogens is 807 g/mol. The minimum absolute atomic E-state index is 0.0528. The molecule has 12 aromatic carbocycles. The second-order valence-electron chi connectivity index (χ2n) is 16.3. The van der Waals surface area contributed by atoms with E-state index in [4.69, 9.17) is 0 Å². The molecule has 0 atom stereocenters. The molecule has 0 fully saturated rings. The van der Waals surface area contributed by atoms with E-state index in [0.717, 1.165) is 54.3 Å². The van der Waals surface area contributed by atoms with E-state index in [0.29, 0.717) is 33.0 Å². The van der Waals surface area contributed by atoms with Crippen molar-refractivity contribution >= 4 is 49.4 Å². The van der Waals surface area contributed by atoms with Crippen LogP contribution in [0.4, 0.5) is 17.1 Å². The summed E-state index contributed by atoms with van der Waals surface area (Å²) in [6.45, 7) is 0. The van der Waals surface area contributed by atoms with Crippen LogP contribution in [0.25, 0.3) is 99.1 Å². The molecule has 0 amide bonds. The lowest BCUT2D eigenvalue weighted by Crippen LogP contribution is -2.09. The van der Waals surface area contributed by atoms with Gasteiger partial charge in [0.2, 0.25) is 0 Å². The van der Waals surface area contributed by atoms with Crippen LogP contribution >= 0.6 is 0 Å². The Bertz CT molecular complexity index is 4360. The molecule has 12 aromatic rings. The maximum atomic E-state index is 9.98. The normalized spacial score (nSPS) is 13.8. The second kappa shape index (κ2) is 17.3. The number of fused-ring (bicyclic) bond motifs is 4. The van der Waals surface area contributed by atoms with Crippen LogP contribution in [0.3, 0.4) is 0 Å². The van der Waals surface area contributed by atoms with Crippen molar-refractivity contribution in [2.24, 2.45) is 0 Å². The van der Waals surface area contributed by atoms with Crippen LogP contribution in [0.2, 0.25) is 0 Å². The van der Waals surface area contributed by atoms with Crippen LogP contribution < -0.4 is 4.90 Å². The van der Waals surface area contributed by atoms with Gasteiger partial charge < -0.3 is 4.90 Å². The van der Waals surface area contributed by atoms with Crippen LogP contribution in [0, 0.1) is 0 Å². The van der Waals surface area contributed by atoms with E-state index >= 15 is 0 Å². The summed E-state index contributed by atoms with van der Waals surface area (Å²) < 4.78 is 119. The summed E-state index contributed by atoms with van der Waals surface area (Å²) in [6, 6.07) is 55.0. The highest BCUT2D eigenvalue weighted by molar-refractivity contribution is 6.14. The maximum Gasteiger partial charge on any atom is 0.0645 e. The Hall–Kier alpha value is -8.78. The molecule has 0 heterocycles. The van der Waals surface area contributed by atoms with E-state index in [2.05, 4.69) is 0 Å². The summed E-state index contributed by atoms with van der Waals surface area (Å²) in [5.74, 6) is 0. The first-order valence-corrected chi connectivity index (χ1v) is 22.1. The Morgan fingerprint density at radius 1 is 0.239 bits per heavy atom. The average Bonchev–Trinajstić information content (AvgIpc) is 3.57. The van der Waals surface area contributed by atoms with Crippen molar-refractivity contribution in [2.45, 2.75) is 0 Å². The van der Waals surface area contributed by atoms with Gasteiger partial charge in [0, 0.05) is 17.1 Å². The zero-order valence-corrected chi connectivity index (χ0v) is 36.0. The molecule has 12 rings (SSSR count). The second-order valence-corrected chi connectivity index (χ2v) is 16.3. The Morgan fingerprint density at radius 2 is 0.687 bits per heavy atom. The molecule has 0 N–H and O–H groups in total. The minimum Gasteiger partial charge on any atom is -0.311 e. The summed E-state index contributed by atoms with van der Waals surface area (Å²) in [5.41, 5.74) is 3.95. The number of rotatable bonds is 9. The number of anilines is 3. The lowest BCUT2D eigenvalue weighted by atomic mass is 9.89. The lowest BCUT2D eigenvalue weighted by molar-refractivity contribution is 1.28. The van der Waals surface area contributed by atoms with Crippen molar-refractivity contribution < 1.29 is 16.4 Å². The Balaban J connectivity index is 1.15. The molecule has 0 aliphatic carbocycles. The number of hydrogen-bond donors (Lipinski definition) is 0. The van der Waals surface area contributed by atoms with Crippen LogP contribution in [0.5, 0.6) is 0 Å². The largest absolute Gasteiger partial charge is 0.311 e. The SMILES string of the molecule is [2H]c1c([2H])c(N(c2c([2H])c([2H])c(-c3c(-c4ccccc4)ccc4ccccc34)c([2H])c2[2H])c2c([2H])c([2H])c(-c3cc4ccccc4c4ccccc34)c([2H])c2[2H])c([2H])c([2H])c1-c1ccc(-c2ccccc2)c(-c2ccccc2)c1. The molecule has 1 heteroatoms. The quantitative estimate of drug-likeness (QED) is 0.131. The van der Waals surface area contributed by atoms with E-state index in [9.17, 15) is 16.4 Å². The predicted octanol–water partition coefficient (Wildman–Crippen LogP) is 18.6. The zero-order valence-electron chi connectivity index (χ0n) is 48.0. The van der Waals surface area contributed by atoms with Gasteiger partial charge in [-0.15, -0.1) is 0 Å². The minimum atomic E-state index is -0.688. The van der Waals surface area contributed by atoms with Gasteiger partial charge in [-0.3, -0.25) is 0 Å². The van der Waals surface area contributed by atoms with Gasteiger partial charge in [0.05, 0.1) is 16.4 Å². The van der Waals surface area contributed by atoms with Gasteiger partial charge in [-0.25, -0.2) is 0 Å². The average molecular weight is 864 g/mol. The molecule has 0 spiro atoms. The fraction of sp³-hybridized carbons (Fsp3) is 0. The third kappa shape index (κ3) is 7.53. The number of hydrogen-bond acceptors (Lipinski definition) is 1. The van der Waals surface area contributed by atoms with Crippen LogP contribution in [0.15, 0.2) is 273 Å². The number of nitrogens with zero attached hydrogens (tertiary/aromatic N) is 1. The summed E-state index contributed by atoms with van der Waals surface area (Å²) in [6.07, 6.45) is 0. The third-order valence-electron chi connectivity index (χ3n) is 12.3. The van der Waals surface area contributed by atoms with Crippen molar-refractivity contribution in [3.8, 4) is 66.8 Å². The summed E-state index contributed by atoms with van der Waals surface area (Å²) in [5, 5.41) is 4.61. The van der Waals surface area contributed by atoms with Crippen LogP contribution in [-0.4, -0.2) is 0 Å². The zero-order chi connectivity index (χ0) is 55.0. The Morgan fingerprint density at radius 3 is 1.30 bits per heavy atom. The van der Waals surface area contributed by atoms with Crippen molar-refractivity contribution in [3.63, 3.8) is 0 Å². The highest BCUT2D eigenvalue weighted by Crippen LogP contribution is 2.43. The van der Waals surface area contributed by atoms with Gasteiger partial charge in [-0.2, -0.15) is 0 Å². The molecule has 0 radical (unpaired) electrons. The molecule has 314 valence electrons. The Labute approximate surface area is 409 Å². The van der Waals surface area contributed by atoms with Gasteiger partial charge in [-0.05, 0) is 147 Å². The fourth-order valence-corrected chi connectivity index (χ4v) is 9.08.